The van der Waals surface area contributed by atoms with Crippen LogP contribution < -0.4 is 0 Å². The molecule has 0 amide bonds. The summed E-state index contributed by atoms with van der Waals surface area (Å²) in [6.45, 7) is 20.2. The zero-order chi connectivity index (χ0) is 19.9. The third-order valence-electron chi connectivity index (χ3n) is 5.46. The average molecular weight is 410 g/mol. The van der Waals surface area contributed by atoms with E-state index in [1.54, 1.807) is 27.7 Å². The van der Waals surface area contributed by atoms with Crippen LogP contribution in [0.1, 0.15) is 62.3 Å². The maximum absolute atomic E-state index is 9.46. The van der Waals surface area contributed by atoms with Crippen molar-refractivity contribution in [2.45, 2.75) is 73.5 Å². The minimum Gasteiger partial charge on any atom is -0.400 e. The van der Waals surface area contributed by atoms with Crippen molar-refractivity contribution in [3.63, 3.8) is 0 Å². The monoisotopic (exact) mass is 410 g/mol. The molecule has 1 fully saturated rings. The molecule has 1 aliphatic carbocycles. The van der Waals surface area contributed by atoms with E-state index >= 15 is 0 Å². The molecule has 3 N–H and O–H groups in total. The number of likely N-dealkylation sites (N-methyl/N-ethyl adjacent to an activating group) is 1. The number of hydrogen-bond acceptors (Lipinski definition) is 4. The van der Waals surface area contributed by atoms with Gasteiger partial charge in [-0.05, 0) is 64.3 Å². The summed E-state index contributed by atoms with van der Waals surface area (Å²) in [5.74, 6) is 4.68. The first-order chi connectivity index (χ1) is 10.7. The van der Waals surface area contributed by atoms with E-state index in [1.807, 2.05) is 11.9 Å². The Labute approximate surface area is 179 Å². The van der Waals surface area contributed by atoms with E-state index in [0.717, 1.165) is 36.7 Å². The summed E-state index contributed by atoms with van der Waals surface area (Å²) in [4.78, 5) is 1.92. The van der Waals surface area contributed by atoms with Crippen molar-refractivity contribution < 1.29 is 37.0 Å². The molecule has 160 valence electrons. The molecule has 1 aliphatic rings. The van der Waals surface area contributed by atoms with Gasteiger partial charge < -0.3 is 27.6 Å². The van der Waals surface area contributed by atoms with Crippen molar-refractivity contribution in [2.75, 3.05) is 27.2 Å². The van der Waals surface area contributed by atoms with Crippen LogP contribution in [-0.4, -0.2) is 58.7 Å². The molecule has 0 aliphatic heterocycles. The maximum atomic E-state index is 9.46. The standard InChI is InChI=1S/C10H20.C9H21NO2.CH4O.CH3.Ti/c1-6-7(2)9(4)10(5)8(6)3;1-8(2,11)6-10(5)7-9(3,4)12;1-2;;/h6-10H,1-5H3;11-12H,6-7H2,1-5H3;2H,1H3;1H3;/q;;;-1;. The second-order valence-corrected chi connectivity index (χ2v) is 9.09. The summed E-state index contributed by atoms with van der Waals surface area (Å²) in [5, 5.41) is 25.9. The molecule has 1 rings (SSSR count). The van der Waals surface area contributed by atoms with Gasteiger partial charge in [-0.1, -0.05) is 34.6 Å². The molecule has 0 atom stereocenters. The normalized spacial score (nSPS) is 28.0. The molecule has 1 saturated carbocycles. The minimum absolute atomic E-state index is 0. The zero-order valence-corrected chi connectivity index (χ0v) is 21.2. The molecular formula is C21H48NO3Ti-. The van der Waals surface area contributed by atoms with Crippen molar-refractivity contribution in [1.29, 1.82) is 0 Å². The number of nitrogens with zero attached hydrogens (tertiary/aromatic N) is 1. The van der Waals surface area contributed by atoms with Gasteiger partial charge in [-0.25, -0.2) is 0 Å². The van der Waals surface area contributed by atoms with Crippen LogP contribution in [-0.2, 0) is 21.7 Å². The van der Waals surface area contributed by atoms with Crippen LogP contribution >= 0.6 is 0 Å². The average Bonchev–Trinajstić information content (AvgIpc) is 2.56. The Balaban J connectivity index is -0.000000160. The number of aliphatic hydroxyl groups is 3. The summed E-state index contributed by atoms with van der Waals surface area (Å²) >= 11 is 0. The topological polar surface area (TPSA) is 63.9 Å². The van der Waals surface area contributed by atoms with Crippen LogP contribution in [0.2, 0.25) is 0 Å². The van der Waals surface area contributed by atoms with Crippen LogP contribution in [0, 0.1) is 37.0 Å². The van der Waals surface area contributed by atoms with Gasteiger partial charge in [0, 0.05) is 41.9 Å². The van der Waals surface area contributed by atoms with Crippen molar-refractivity contribution in [2.24, 2.45) is 29.6 Å². The van der Waals surface area contributed by atoms with Gasteiger partial charge in [0.25, 0.3) is 0 Å². The third-order valence-corrected chi connectivity index (χ3v) is 5.46. The van der Waals surface area contributed by atoms with Gasteiger partial charge in [0.2, 0.25) is 0 Å². The summed E-state index contributed by atoms with van der Waals surface area (Å²) in [7, 11) is 2.88. The molecule has 0 bridgehead atoms. The molecule has 0 heterocycles. The van der Waals surface area contributed by atoms with Crippen LogP contribution in [0.5, 0.6) is 0 Å². The minimum atomic E-state index is -0.694. The fraction of sp³-hybridized carbons (Fsp3) is 0.952. The van der Waals surface area contributed by atoms with Crippen LogP contribution in [0.25, 0.3) is 0 Å². The summed E-state index contributed by atoms with van der Waals surface area (Å²) in [6.07, 6.45) is 0. The summed E-state index contributed by atoms with van der Waals surface area (Å²) < 4.78 is 0. The van der Waals surface area contributed by atoms with Crippen molar-refractivity contribution >= 4 is 0 Å². The van der Waals surface area contributed by atoms with E-state index in [0.29, 0.717) is 13.1 Å². The second-order valence-electron chi connectivity index (χ2n) is 9.09. The van der Waals surface area contributed by atoms with E-state index in [-0.39, 0.29) is 29.1 Å². The predicted octanol–water partition coefficient (Wildman–Crippen LogP) is 3.70. The Morgan fingerprint density at radius 1 is 0.654 bits per heavy atom. The first-order valence-corrected chi connectivity index (χ1v) is 9.23. The molecule has 26 heavy (non-hydrogen) atoms. The Hall–Kier alpha value is 0.554. The number of rotatable bonds is 4. The fourth-order valence-corrected chi connectivity index (χ4v) is 3.77. The molecule has 0 spiro atoms. The first-order valence-electron chi connectivity index (χ1n) is 9.23. The van der Waals surface area contributed by atoms with Gasteiger partial charge in [-0.15, -0.1) is 0 Å². The zero-order valence-electron chi connectivity index (χ0n) is 19.6. The first kappa shape index (κ1) is 34.1. The van der Waals surface area contributed by atoms with Gasteiger partial charge in [0.05, 0.1) is 11.2 Å². The van der Waals surface area contributed by atoms with Crippen molar-refractivity contribution in [3.8, 4) is 0 Å². The van der Waals surface area contributed by atoms with Crippen LogP contribution in [0.15, 0.2) is 0 Å². The largest absolute Gasteiger partial charge is 0.400 e. The van der Waals surface area contributed by atoms with Gasteiger partial charge in [-0.3, -0.25) is 0 Å². The predicted molar refractivity (Wildman–Crippen MR) is 110 cm³/mol. The van der Waals surface area contributed by atoms with E-state index in [2.05, 4.69) is 34.6 Å². The van der Waals surface area contributed by atoms with Gasteiger partial charge in [-0.2, -0.15) is 0 Å². The van der Waals surface area contributed by atoms with Gasteiger partial charge >= 0.3 is 0 Å². The molecule has 4 nitrogen and oxygen atoms in total. The molecule has 0 aromatic carbocycles. The quantitative estimate of drug-likeness (QED) is 0.489. The summed E-state index contributed by atoms with van der Waals surface area (Å²) in [5.41, 5.74) is -1.39. The Bertz CT molecular complexity index is 265. The van der Waals surface area contributed by atoms with E-state index < -0.39 is 11.2 Å². The molecule has 0 radical (unpaired) electrons. The van der Waals surface area contributed by atoms with Gasteiger partial charge in [0.15, 0.2) is 0 Å². The smallest absolute Gasteiger partial charge is 0.0718 e. The molecule has 0 saturated heterocycles. The SMILES string of the molecule is CC1C(C)C(C)C(C)C1C.CN(CC(C)(C)O)CC(C)(C)O.CO.[CH3-].[Ti]. The van der Waals surface area contributed by atoms with Crippen LogP contribution in [0.3, 0.4) is 0 Å². The van der Waals surface area contributed by atoms with Crippen molar-refractivity contribution in [1.82, 2.24) is 4.90 Å². The Kier molecular flexibility index (Phi) is 19.1. The maximum Gasteiger partial charge on any atom is 0.0718 e. The van der Waals surface area contributed by atoms with Crippen molar-refractivity contribution in [3.05, 3.63) is 7.43 Å². The molecule has 5 heteroatoms. The molecule has 0 unspecified atom stereocenters. The van der Waals surface area contributed by atoms with E-state index in [9.17, 15) is 10.2 Å². The van der Waals surface area contributed by atoms with E-state index in [4.69, 9.17) is 5.11 Å². The van der Waals surface area contributed by atoms with E-state index in [1.165, 1.54) is 0 Å². The van der Waals surface area contributed by atoms with Crippen LogP contribution in [0.4, 0.5) is 0 Å². The van der Waals surface area contributed by atoms with Gasteiger partial charge in [0.1, 0.15) is 0 Å². The molecule has 0 aromatic heterocycles. The fourth-order valence-electron chi connectivity index (χ4n) is 3.77. The molecular weight excluding hydrogens is 362 g/mol. The Morgan fingerprint density at radius 2 is 0.808 bits per heavy atom. The second kappa shape index (κ2) is 14.5. The molecule has 0 aromatic rings. The Morgan fingerprint density at radius 3 is 0.923 bits per heavy atom. The summed E-state index contributed by atoms with van der Waals surface area (Å²) in [6, 6.07) is 0. The number of hydrogen-bond donors (Lipinski definition) is 3. The number of aliphatic hydroxyl groups excluding tert-OH is 1. The third kappa shape index (κ3) is 14.6.